The quantitative estimate of drug-likeness (QED) is 0.691. The Labute approximate surface area is 186 Å². The third-order valence-corrected chi connectivity index (χ3v) is 7.01. The Hall–Kier alpha value is -3.21. The lowest BCUT2D eigenvalue weighted by molar-refractivity contribution is -0.128. The molecule has 1 aromatic carbocycles. The van der Waals surface area contributed by atoms with Crippen molar-refractivity contribution in [1.29, 1.82) is 0 Å². The van der Waals surface area contributed by atoms with Gasteiger partial charge in [-0.15, -0.1) is 4.40 Å². The second-order valence-electron chi connectivity index (χ2n) is 7.69. The molecule has 0 atom stereocenters. The van der Waals surface area contributed by atoms with Gasteiger partial charge in [0.1, 0.15) is 11.5 Å². The van der Waals surface area contributed by atoms with Crippen molar-refractivity contribution in [2.75, 3.05) is 38.1 Å². The van der Waals surface area contributed by atoms with E-state index in [1.165, 1.54) is 25.3 Å². The van der Waals surface area contributed by atoms with E-state index in [0.29, 0.717) is 44.0 Å². The molecule has 11 heteroatoms. The van der Waals surface area contributed by atoms with Crippen molar-refractivity contribution in [1.82, 2.24) is 19.0 Å². The summed E-state index contributed by atoms with van der Waals surface area (Å²) in [6, 6.07) is 6.23. The first-order chi connectivity index (χ1) is 15.2. The second-order valence-corrected chi connectivity index (χ2v) is 9.32. The number of allylic oxidation sites excluding steroid dienone is 1. The molecular formula is C21H25FN6O3S. The summed E-state index contributed by atoms with van der Waals surface area (Å²) in [4.78, 5) is 17.0. The normalized spacial score (nSPS) is 18.4. The highest BCUT2D eigenvalue weighted by Crippen LogP contribution is 2.24. The number of benzene rings is 1. The first-order valence-electron chi connectivity index (χ1n) is 10.3. The van der Waals surface area contributed by atoms with Crippen LogP contribution in [0.5, 0.6) is 0 Å². The number of halogens is 1. The Bertz CT molecular complexity index is 1190. The van der Waals surface area contributed by atoms with Gasteiger partial charge in [-0.2, -0.15) is 13.5 Å². The smallest absolute Gasteiger partial charge is 0.345 e. The molecule has 4 rings (SSSR count). The van der Waals surface area contributed by atoms with Gasteiger partial charge in [-0.1, -0.05) is 0 Å². The number of carbonyl (C=O) groups is 1. The number of aromatic nitrogens is 2. The Kier molecular flexibility index (Phi) is 5.76. The second kappa shape index (κ2) is 8.38. The zero-order valence-electron chi connectivity index (χ0n) is 18.2. The molecule has 0 saturated carbocycles. The van der Waals surface area contributed by atoms with Crippen LogP contribution in [0, 0.1) is 12.7 Å². The van der Waals surface area contributed by atoms with Gasteiger partial charge in [-0.3, -0.25) is 9.48 Å². The van der Waals surface area contributed by atoms with E-state index in [1.807, 2.05) is 6.92 Å². The molecule has 2 aliphatic heterocycles. The van der Waals surface area contributed by atoms with E-state index in [9.17, 15) is 17.6 Å². The number of hydrogen-bond acceptors (Lipinski definition) is 5. The summed E-state index contributed by atoms with van der Waals surface area (Å²) in [5.41, 5.74) is 2.35. The molecule has 2 aliphatic rings. The molecule has 170 valence electrons. The van der Waals surface area contributed by atoms with Crippen LogP contribution >= 0.6 is 0 Å². The van der Waals surface area contributed by atoms with Crippen LogP contribution in [0.1, 0.15) is 18.2 Å². The van der Waals surface area contributed by atoms with Crippen molar-refractivity contribution >= 4 is 27.5 Å². The van der Waals surface area contributed by atoms with Crippen LogP contribution < -0.4 is 4.90 Å². The summed E-state index contributed by atoms with van der Waals surface area (Å²) in [5, 5.41) is 4.35. The van der Waals surface area contributed by atoms with E-state index >= 15 is 0 Å². The monoisotopic (exact) mass is 460 g/mol. The maximum atomic E-state index is 13.3. The van der Waals surface area contributed by atoms with Crippen molar-refractivity contribution < 1.29 is 17.6 Å². The topological polar surface area (TPSA) is 91.1 Å². The first kappa shape index (κ1) is 22.0. The number of carbonyl (C=O) groups excluding carboxylic acids is 1. The largest absolute Gasteiger partial charge is 0.368 e. The molecule has 1 amide bonds. The minimum atomic E-state index is -4.04. The van der Waals surface area contributed by atoms with Gasteiger partial charge in [-0.25, -0.2) is 8.70 Å². The summed E-state index contributed by atoms with van der Waals surface area (Å²) >= 11 is 0. The van der Waals surface area contributed by atoms with Crippen molar-refractivity contribution in [2.24, 2.45) is 4.40 Å². The third kappa shape index (κ3) is 4.12. The lowest BCUT2D eigenvalue weighted by Crippen LogP contribution is -2.51. The van der Waals surface area contributed by atoms with Crippen molar-refractivity contribution in [3.63, 3.8) is 0 Å². The molecule has 0 N–H and O–H groups in total. The molecule has 9 nitrogen and oxygen atoms in total. The van der Waals surface area contributed by atoms with E-state index < -0.39 is 10.2 Å². The summed E-state index contributed by atoms with van der Waals surface area (Å²) in [6.45, 7) is 6.30. The average molecular weight is 461 g/mol. The van der Waals surface area contributed by atoms with E-state index in [-0.39, 0.29) is 23.1 Å². The Morgan fingerprint density at radius 3 is 2.38 bits per heavy atom. The molecule has 0 unspecified atom stereocenters. The fourth-order valence-electron chi connectivity index (χ4n) is 3.79. The van der Waals surface area contributed by atoms with Crippen LogP contribution in [-0.4, -0.2) is 72.2 Å². The SMILES string of the molecule is CCn1cc(C2=NS(=O)(=O)N(C)C(C(=O)N3CCN(c4ccc(F)cc4)CC3)=C2)c(C)n1. The van der Waals surface area contributed by atoms with Gasteiger partial charge < -0.3 is 9.80 Å². The van der Waals surface area contributed by atoms with E-state index in [2.05, 4.69) is 14.4 Å². The molecule has 1 aromatic heterocycles. The Balaban J connectivity index is 1.55. The van der Waals surface area contributed by atoms with Gasteiger partial charge in [0.15, 0.2) is 0 Å². The Morgan fingerprint density at radius 1 is 1.12 bits per heavy atom. The first-order valence-corrected chi connectivity index (χ1v) is 11.7. The van der Waals surface area contributed by atoms with Crippen LogP contribution in [0.2, 0.25) is 0 Å². The van der Waals surface area contributed by atoms with Gasteiger partial charge in [0.2, 0.25) is 0 Å². The number of amides is 1. The number of anilines is 1. The number of piperazine rings is 1. The van der Waals surface area contributed by atoms with E-state index in [1.54, 1.807) is 34.8 Å². The summed E-state index contributed by atoms with van der Waals surface area (Å²) in [5.74, 6) is -0.670. The summed E-state index contributed by atoms with van der Waals surface area (Å²) in [7, 11) is -2.71. The third-order valence-electron chi connectivity index (χ3n) is 5.70. The van der Waals surface area contributed by atoms with Gasteiger partial charge in [-0.05, 0) is 44.2 Å². The highest BCUT2D eigenvalue weighted by Gasteiger charge is 2.34. The molecule has 0 radical (unpaired) electrons. The van der Waals surface area contributed by atoms with E-state index in [4.69, 9.17) is 0 Å². The summed E-state index contributed by atoms with van der Waals surface area (Å²) in [6.07, 6.45) is 3.24. The van der Waals surface area contributed by atoms with Crippen molar-refractivity contribution in [2.45, 2.75) is 20.4 Å². The average Bonchev–Trinajstić information content (AvgIpc) is 3.16. The number of hydrogen-bond donors (Lipinski definition) is 0. The number of rotatable bonds is 4. The molecule has 2 aromatic rings. The standard InChI is InChI=1S/C21H25FN6O3S/c1-4-28-14-18(15(2)23-28)19-13-20(25(3)32(30,31)24-19)21(29)27-11-9-26(10-12-27)17-7-5-16(22)6-8-17/h5-8,13-14H,4,9-12H2,1-3H3. The molecule has 1 fully saturated rings. The number of aryl methyl sites for hydroxylation is 2. The molecule has 0 bridgehead atoms. The van der Waals surface area contributed by atoms with Gasteiger partial charge in [0.05, 0.1) is 11.4 Å². The maximum Gasteiger partial charge on any atom is 0.345 e. The zero-order chi connectivity index (χ0) is 23.0. The summed E-state index contributed by atoms with van der Waals surface area (Å²) < 4.78 is 45.0. The highest BCUT2D eigenvalue weighted by atomic mass is 32.2. The maximum absolute atomic E-state index is 13.3. The number of nitrogens with zero attached hydrogens (tertiary/aromatic N) is 6. The molecule has 0 aliphatic carbocycles. The van der Waals surface area contributed by atoms with E-state index in [0.717, 1.165) is 9.99 Å². The minimum absolute atomic E-state index is 0.0499. The van der Waals surface area contributed by atoms with Crippen molar-refractivity contribution in [3.8, 4) is 0 Å². The predicted octanol–water partition coefficient (Wildman–Crippen LogP) is 1.56. The van der Waals surface area contributed by atoms with Crippen LogP contribution in [0.25, 0.3) is 0 Å². The fourth-order valence-corrected chi connectivity index (χ4v) is 4.69. The van der Waals surface area contributed by atoms with Crippen LogP contribution in [0.3, 0.4) is 0 Å². The Morgan fingerprint density at radius 2 is 1.78 bits per heavy atom. The zero-order valence-corrected chi connectivity index (χ0v) is 19.0. The molecule has 32 heavy (non-hydrogen) atoms. The molecule has 1 saturated heterocycles. The highest BCUT2D eigenvalue weighted by molar-refractivity contribution is 7.88. The lowest BCUT2D eigenvalue weighted by atomic mass is 10.1. The van der Waals surface area contributed by atoms with Crippen LogP contribution in [0.15, 0.2) is 46.6 Å². The van der Waals surface area contributed by atoms with Crippen LogP contribution in [0.4, 0.5) is 10.1 Å². The molecular weight excluding hydrogens is 435 g/mol. The van der Waals surface area contributed by atoms with Crippen LogP contribution in [-0.2, 0) is 21.5 Å². The molecule has 3 heterocycles. The van der Waals surface area contributed by atoms with Gasteiger partial charge >= 0.3 is 10.2 Å². The number of likely N-dealkylation sites (N-methyl/N-ethyl adjacent to an activating group) is 1. The minimum Gasteiger partial charge on any atom is -0.368 e. The van der Waals surface area contributed by atoms with Crippen molar-refractivity contribution in [3.05, 3.63) is 59.3 Å². The lowest BCUT2D eigenvalue weighted by Gasteiger charge is -2.37. The van der Waals surface area contributed by atoms with Gasteiger partial charge in [0, 0.05) is 57.2 Å². The fraction of sp³-hybridized carbons (Fsp3) is 0.381. The van der Waals surface area contributed by atoms with Gasteiger partial charge in [0.25, 0.3) is 5.91 Å². The molecule has 0 spiro atoms. The predicted molar refractivity (Wildman–Crippen MR) is 119 cm³/mol.